The zero-order chi connectivity index (χ0) is 13.2. The molecule has 1 saturated carbocycles. The van der Waals surface area contributed by atoms with Crippen LogP contribution in [0.2, 0.25) is 0 Å². The van der Waals surface area contributed by atoms with Crippen molar-refractivity contribution in [2.45, 2.75) is 65.2 Å². The van der Waals surface area contributed by atoms with Gasteiger partial charge >= 0.3 is 6.09 Å². The van der Waals surface area contributed by atoms with Crippen LogP contribution in [0.4, 0.5) is 4.79 Å². The largest absolute Gasteiger partial charge is 0.444 e. The van der Waals surface area contributed by atoms with Gasteiger partial charge in [-0.15, -0.1) is 0 Å². The molecule has 1 aliphatic carbocycles. The van der Waals surface area contributed by atoms with Gasteiger partial charge in [0.15, 0.2) is 0 Å². The zero-order valence-corrected chi connectivity index (χ0v) is 11.6. The van der Waals surface area contributed by atoms with Crippen LogP contribution in [0, 0.1) is 5.92 Å². The fraction of sp³-hybridized carbons (Fsp3) is 0.923. The Morgan fingerprint density at radius 1 is 1.29 bits per heavy atom. The van der Waals surface area contributed by atoms with Crippen LogP contribution in [-0.2, 0) is 4.74 Å². The van der Waals surface area contributed by atoms with E-state index in [1.165, 1.54) is 0 Å². The van der Waals surface area contributed by atoms with E-state index < -0.39 is 5.60 Å². The van der Waals surface area contributed by atoms with Crippen molar-refractivity contribution >= 4 is 6.09 Å². The maximum Gasteiger partial charge on any atom is 0.410 e. The lowest BCUT2D eigenvalue weighted by Gasteiger charge is -2.32. The van der Waals surface area contributed by atoms with E-state index in [-0.39, 0.29) is 18.2 Å². The first-order valence-corrected chi connectivity index (χ1v) is 6.54. The van der Waals surface area contributed by atoms with Gasteiger partial charge in [-0.05, 0) is 39.5 Å². The van der Waals surface area contributed by atoms with Crippen molar-refractivity contribution in [3.63, 3.8) is 0 Å². The van der Waals surface area contributed by atoms with Crippen molar-refractivity contribution in [1.82, 2.24) is 4.90 Å². The van der Waals surface area contributed by atoms with Crippen molar-refractivity contribution in [3.8, 4) is 0 Å². The first-order valence-electron chi connectivity index (χ1n) is 6.54. The van der Waals surface area contributed by atoms with Gasteiger partial charge in [-0.1, -0.05) is 13.8 Å². The molecule has 4 nitrogen and oxygen atoms in total. The summed E-state index contributed by atoms with van der Waals surface area (Å²) in [5, 5.41) is 9.69. The Kier molecular flexibility index (Phi) is 4.42. The van der Waals surface area contributed by atoms with Crippen molar-refractivity contribution in [2.24, 2.45) is 5.92 Å². The lowest BCUT2D eigenvalue weighted by atomic mass is 10.1. The van der Waals surface area contributed by atoms with Crippen LogP contribution in [0.3, 0.4) is 0 Å². The minimum Gasteiger partial charge on any atom is -0.444 e. The van der Waals surface area contributed by atoms with Crippen LogP contribution in [0.5, 0.6) is 0 Å². The molecular formula is C13H25NO3. The number of rotatable bonds is 0. The van der Waals surface area contributed by atoms with Crippen molar-refractivity contribution in [3.05, 3.63) is 0 Å². The number of aliphatic hydroxyl groups is 1. The minimum absolute atomic E-state index is 0.00940. The summed E-state index contributed by atoms with van der Waals surface area (Å²) < 4.78 is 5.30. The molecule has 2 bridgehead atoms. The van der Waals surface area contributed by atoms with Gasteiger partial charge in [0.1, 0.15) is 5.60 Å². The van der Waals surface area contributed by atoms with Gasteiger partial charge in [0, 0.05) is 6.54 Å². The average molecular weight is 243 g/mol. The number of ether oxygens (including phenoxy) is 1. The average Bonchev–Trinajstić information content (AvgIpc) is 2.76. The maximum absolute atomic E-state index is 11.8. The molecule has 2 aliphatic rings. The molecular weight excluding hydrogens is 218 g/mol. The molecule has 0 aromatic rings. The number of carbonyl (C=O) groups excluding carboxylic acids is 1. The number of carbonyl (C=O) groups is 1. The highest BCUT2D eigenvalue weighted by Crippen LogP contribution is 2.38. The SMILES string of the molecule is CC.CC(C)(C)OC(=O)N1CC2CC(O)C1C2. The molecule has 3 unspecified atom stereocenters. The molecule has 1 N–H and O–H groups in total. The second-order valence-electron chi connectivity index (χ2n) is 5.60. The van der Waals surface area contributed by atoms with Crippen LogP contribution in [0.1, 0.15) is 47.5 Å². The zero-order valence-electron chi connectivity index (χ0n) is 11.6. The molecule has 1 aliphatic heterocycles. The highest BCUT2D eigenvalue weighted by atomic mass is 16.6. The molecule has 3 atom stereocenters. The quantitative estimate of drug-likeness (QED) is 0.710. The third-order valence-electron chi connectivity index (χ3n) is 3.08. The molecule has 0 spiro atoms. The normalized spacial score (nSPS) is 30.9. The van der Waals surface area contributed by atoms with Gasteiger partial charge in [0.2, 0.25) is 0 Å². The molecule has 1 saturated heterocycles. The summed E-state index contributed by atoms with van der Waals surface area (Å²) in [4.78, 5) is 13.5. The Bertz CT molecular complexity index is 272. The smallest absolute Gasteiger partial charge is 0.410 e. The number of hydrogen-bond donors (Lipinski definition) is 1. The van der Waals surface area contributed by atoms with Crippen LogP contribution in [0.15, 0.2) is 0 Å². The van der Waals surface area contributed by atoms with Crippen LogP contribution < -0.4 is 0 Å². The minimum atomic E-state index is -0.454. The third-order valence-corrected chi connectivity index (χ3v) is 3.08. The molecule has 1 heterocycles. The fourth-order valence-electron chi connectivity index (χ4n) is 2.52. The topological polar surface area (TPSA) is 49.8 Å². The molecule has 100 valence electrons. The highest BCUT2D eigenvalue weighted by molar-refractivity contribution is 5.69. The molecule has 4 heteroatoms. The Labute approximate surface area is 104 Å². The van der Waals surface area contributed by atoms with Gasteiger partial charge in [-0.25, -0.2) is 4.79 Å². The van der Waals surface area contributed by atoms with Gasteiger partial charge in [0.05, 0.1) is 12.1 Å². The predicted molar refractivity (Wildman–Crippen MR) is 66.8 cm³/mol. The number of hydrogen-bond acceptors (Lipinski definition) is 3. The van der Waals surface area contributed by atoms with Gasteiger partial charge in [-0.2, -0.15) is 0 Å². The molecule has 1 amide bonds. The first kappa shape index (κ1) is 14.3. The van der Waals surface area contributed by atoms with E-state index in [0.717, 1.165) is 19.4 Å². The second-order valence-corrected chi connectivity index (χ2v) is 5.60. The summed E-state index contributed by atoms with van der Waals surface area (Å²) in [5.41, 5.74) is -0.454. The third kappa shape index (κ3) is 3.35. The van der Waals surface area contributed by atoms with E-state index >= 15 is 0 Å². The molecule has 0 aromatic carbocycles. The molecule has 2 fully saturated rings. The molecule has 17 heavy (non-hydrogen) atoms. The van der Waals surface area contributed by atoms with Crippen molar-refractivity contribution in [2.75, 3.05) is 6.54 Å². The number of piperidine rings is 1. The van der Waals surface area contributed by atoms with Gasteiger partial charge in [-0.3, -0.25) is 0 Å². The monoisotopic (exact) mass is 243 g/mol. The lowest BCUT2D eigenvalue weighted by Crippen LogP contribution is -2.46. The van der Waals surface area contributed by atoms with Crippen molar-refractivity contribution < 1.29 is 14.6 Å². The summed E-state index contributed by atoms with van der Waals surface area (Å²) in [5.74, 6) is 0.470. The van der Waals surface area contributed by atoms with E-state index in [1.807, 2.05) is 34.6 Å². The maximum atomic E-state index is 11.8. The molecule has 2 rings (SSSR count). The van der Waals surface area contributed by atoms with E-state index in [0.29, 0.717) is 5.92 Å². The Hall–Kier alpha value is -0.770. The number of likely N-dealkylation sites (tertiary alicyclic amines) is 1. The van der Waals surface area contributed by atoms with Gasteiger partial charge in [0.25, 0.3) is 0 Å². The van der Waals surface area contributed by atoms with E-state index in [4.69, 9.17) is 4.74 Å². The summed E-state index contributed by atoms with van der Waals surface area (Å²) >= 11 is 0. The number of nitrogens with zero attached hydrogens (tertiary/aromatic N) is 1. The summed E-state index contributed by atoms with van der Waals surface area (Å²) in [6.07, 6.45) is 1.13. The molecule has 0 radical (unpaired) electrons. The van der Waals surface area contributed by atoms with Crippen molar-refractivity contribution in [1.29, 1.82) is 0 Å². The summed E-state index contributed by atoms with van der Waals surface area (Å²) in [6, 6.07) is -0.00940. The second kappa shape index (κ2) is 5.25. The summed E-state index contributed by atoms with van der Waals surface area (Å²) in [6.45, 7) is 10.3. The Morgan fingerprint density at radius 3 is 2.29 bits per heavy atom. The summed E-state index contributed by atoms with van der Waals surface area (Å²) in [7, 11) is 0. The first-order chi connectivity index (χ1) is 7.87. The van der Waals surface area contributed by atoms with Crippen LogP contribution in [0.25, 0.3) is 0 Å². The number of amides is 1. The van der Waals surface area contributed by atoms with Gasteiger partial charge < -0.3 is 14.7 Å². The lowest BCUT2D eigenvalue weighted by molar-refractivity contribution is -0.00176. The fourth-order valence-corrected chi connectivity index (χ4v) is 2.52. The van der Waals surface area contributed by atoms with E-state index in [1.54, 1.807) is 4.90 Å². The van der Waals surface area contributed by atoms with E-state index in [2.05, 4.69) is 0 Å². The van der Waals surface area contributed by atoms with E-state index in [9.17, 15) is 9.90 Å². The molecule has 0 aromatic heterocycles. The number of fused-ring (bicyclic) bond motifs is 2. The van der Waals surface area contributed by atoms with Crippen LogP contribution >= 0.6 is 0 Å². The van der Waals surface area contributed by atoms with Crippen LogP contribution in [-0.4, -0.2) is 40.4 Å². The standard InChI is InChI=1S/C11H19NO3.C2H6/c1-11(2,3)15-10(14)12-6-7-4-8(12)9(13)5-7;1-2/h7-9,13H,4-6H2,1-3H3;1-2H3. The predicted octanol–water partition coefficient (Wildman–Crippen LogP) is 2.40. The Balaban J connectivity index is 0.000000686. The highest BCUT2D eigenvalue weighted by Gasteiger charge is 2.47. The number of aliphatic hydroxyl groups excluding tert-OH is 1. The Morgan fingerprint density at radius 2 is 1.88 bits per heavy atom.